The molecule has 13 heteroatoms. The number of carbonyl (C=O) groups excluding carboxylic acids is 1. The van der Waals surface area contributed by atoms with E-state index in [1.165, 1.54) is 89.9 Å². The van der Waals surface area contributed by atoms with Crippen molar-refractivity contribution in [1.29, 1.82) is 0 Å². The van der Waals surface area contributed by atoms with Gasteiger partial charge in [-0.1, -0.05) is 191 Å². The SMILES string of the molecule is CC/C=C\C/C=C\C/C=C\C/C=C\CCCCCCCOCC(COP(=O)(O)OC1C(O)C(O)C(O)C(O)C1O)OC(=O)CCCCCCCCCCCCCCCCCCCC. The first-order valence-corrected chi connectivity index (χ1v) is 26.5. The molecule has 1 aliphatic rings. The molecule has 0 amide bonds. The molecule has 0 radical (unpaired) electrons. The Balaban J connectivity index is 2.37. The Hall–Kier alpha value is -1.70. The van der Waals surface area contributed by atoms with Gasteiger partial charge < -0.3 is 39.9 Å². The molecule has 6 N–H and O–H groups in total. The van der Waals surface area contributed by atoms with Crippen molar-refractivity contribution in [2.24, 2.45) is 0 Å². The summed E-state index contributed by atoms with van der Waals surface area (Å²) in [6.45, 7) is 4.13. The molecule has 1 rings (SSSR count). The van der Waals surface area contributed by atoms with Gasteiger partial charge in [-0.2, -0.15) is 0 Å². The van der Waals surface area contributed by atoms with Crippen molar-refractivity contribution in [3.63, 3.8) is 0 Å². The quantitative estimate of drug-likeness (QED) is 0.0147. The minimum Gasteiger partial charge on any atom is -0.457 e. The van der Waals surface area contributed by atoms with Crippen LogP contribution in [-0.2, 0) is 27.9 Å². The standard InChI is InChI=1S/C50H91O12P/c1-3-5-7-9-11-13-15-17-19-21-23-25-27-29-31-33-35-37-39-44(51)61-43(42-60-63(57,58)62-50-48(55)46(53)45(52)47(54)49(50)56)41-59-40-38-36-34-32-30-28-26-24-22-20-18-16-14-12-10-8-6-4-2/h6,8,12,14,18,20,24,26,43,45-50,52-56H,3-5,7,9-11,13,15-17,19,21-23,25,27-42H2,1-2H3,(H,57,58)/b8-6-,14-12-,20-18-,26-24-. The highest BCUT2D eigenvalue weighted by Gasteiger charge is 2.51. The largest absolute Gasteiger partial charge is 0.472 e. The molecular weight excluding hydrogens is 824 g/mol. The topological polar surface area (TPSA) is 192 Å². The molecule has 6 atom stereocenters. The van der Waals surface area contributed by atoms with Crippen molar-refractivity contribution in [3.8, 4) is 0 Å². The van der Waals surface area contributed by atoms with Gasteiger partial charge >= 0.3 is 13.8 Å². The highest BCUT2D eigenvalue weighted by molar-refractivity contribution is 7.47. The Morgan fingerprint density at radius 1 is 0.524 bits per heavy atom. The Morgan fingerprint density at radius 3 is 1.43 bits per heavy atom. The van der Waals surface area contributed by atoms with Crippen LogP contribution < -0.4 is 0 Å². The lowest BCUT2D eigenvalue weighted by atomic mass is 9.85. The van der Waals surface area contributed by atoms with Crippen molar-refractivity contribution in [2.45, 2.75) is 243 Å². The average molecular weight is 915 g/mol. The molecule has 1 saturated carbocycles. The van der Waals surface area contributed by atoms with Gasteiger partial charge in [-0.15, -0.1) is 0 Å². The maximum atomic E-state index is 12.8. The summed E-state index contributed by atoms with van der Waals surface area (Å²) < 4.78 is 34.3. The zero-order chi connectivity index (χ0) is 46.2. The van der Waals surface area contributed by atoms with Gasteiger partial charge in [0, 0.05) is 13.0 Å². The summed E-state index contributed by atoms with van der Waals surface area (Å²) >= 11 is 0. The number of unbranched alkanes of at least 4 members (excludes halogenated alkanes) is 22. The third-order valence-corrected chi connectivity index (χ3v) is 12.5. The van der Waals surface area contributed by atoms with Crippen LogP contribution in [0.15, 0.2) is 48.6 Å². The predicted octanol–water partition coefficient (Wildman–Crippen LogP) is 10.8. The molecule has 0 heterocycles. The third-order valence-electron chi connectivity index (χ3n) is 11.5. The number of phosphoric acid groups is 1. The van der Waals surface area contributed by atoms with E-state index < -0.39 is 63.1 Å². The van der Waals surface area contributed by atoms with Crippen molar-refractivity contribution in [1.82, 2.24) is 0 Å². The van der Waals surface area contributed by atoms with Gasteiger partial charge in [-0.05, 0) is 51.4 Å². The van der Waals surface area contributed by atoms with Crippen LogP contribution in [0.3, 0.4) is 0 Å². The Kier molecular flexibility index (Phi) is 38.2. The summed E-state index contributed by atoms with van der Waals surface area (Å²) in [5.74, 6) is -0.482. The van der Waals surface area contributed by atoms with Crippen LogP contribution in [0.25, 0.3) is 0 Å². The fraction of sp³-hybridized carbons (Fsp3) is 0.820. The van der Waals surface area contributed by atoms with E-state index in [0.29, 0.717) is 13.0 Å². The molecule has 0 aliphatic heterocycles. The van der Waals surface area contributed by atoms with E-state index in [1.807, 2.05) is 0 Å². The first-order valence-electron chi connectivity index (χ1n) is 25.0. The third kappa shape index (κ3) is 32.6. The fourth-order valence-corrected chi connectivity index (χ4v) is 8.50. The van der Waals surface area contributed by atoms with Gasteiger partial charge in [-0.3, -0.25) is 13.8 Å². The molecule has 0 bridgehead atoms. The van der Waals surface area contributed by atoms with Crippen LogP contribution in [0.5, 0.6) is 0 Å². The molecular formula is C50H91O12P. The average Bonchev–Trinajstić information content (AvgIpc) is 3.27. The Morgan fingerprint density at radius 2 is 0.937 bits per heavy atom. The van der Waals surface area contributed by atoms with Crippen LogP contribution >= 0.6 is 7.82 Å². The number of aliphatic hydroxyl groups is 5. The summed E-state index contributed by atoms with van der Waals surface area (Å²) in [7, 11) is -5.03. The Labute approximate surface area is 382 Å². The number of allylic oxidation sites excluding steroid dienone is 8. The maximum Gasteiger partial charge on any atom is 0.472 e. The normalized spacial score (nSPS) is 22.2. The number of phosphoric ester groups is 1. The second-order valence-electron chi connectivity index (χ2n) is 17.3. The van der Waals surface area contributed by atoms with Crippen LogP contribution in [0.1, 0.15) is 200 Å². The summed E-state index contributed by atoms with van der Waals surface area (Å²) in [6.07, 6.45) is 37.5. The second-order valence-corrected chi connectivity index (χ2v) is 18.7. The minimum absolute atomic E-state index is 0.0883. The van der Waals surface area contributed by atoms with Crippen LogP contribution in [0.4, 0.5) is 0 Å². The molecule has 0 aromatic carbocycles. The van der Waals surface area contributed by atoms with E-state index in [0.717, 1.165) is 83.5 Å². The second kappa shape index (κ2) is 40.6. The zero-order valence-electron chi connectivity index (χ0n) is 39.4. The molecule has 1 fully saturated rings. The monoisotopic (exact) mass is 915 g/mol. The Bertz CT molecular complexity index is 1230. The van der Waals surface area contributed by atoms with E-state index >= 15 is 0 Å². The highest BCUT2D eigenvalue weighted by atomic mass is 31.2. The smallest absolute Gasteiger partial charge is 0.457 e. The minimum atomic E-state index is -5.03. The van der Waals surface area contributed by atoms with Crippen molar-refractivity contribution in [3.05, 3.63) is 48.6 Å². The van der Waals surface area contributed by atoms with Gasteiger partial charge in [0.15, 0.2) is 0 Å². The number of rotatable bonds is 42. The van der Waals surface area contributed by atoms with Gasteiger partial charge in [0.1, 0.15) is 42.7 Å². The molecule has 1 aliphatic carbocycles. The maximum absolute atomic E-state index is 12.8. The lowest BCUT2D eigenvalue weighted by molar-refractivity contribution is -0.220. The summed E-state index contributed by atoms with van der Waals surface area (Å²) in [5.41, 5.74) is 0. The van der Waals surface area contributed by atoms with Crippen LogP contribution in [0, 0.1) is 0 Å². The number of esters is 1. The molecule has 63 heavy (non-hydrogen) atoms. The lowest BCUT2D eigenvalue weighted by Crippen LogP contribution is -2.64. The van der Waals surface area contributed by atoms with E-state index in [1.54, 1.807) is 0 Å². The zero-order valence-corrected chi connectivity index (χ0v) is 40.3. The summed E-state index contributed by atoms with van der Waals surface area (Å²) in [5, 5.41) is 50.3. The summed E-state index contributed by atoms with van der Waals surface area (Å²) in [4.78, 5) is 23.2. The van der Waals surface area contributed by atoms with E-state index in [4.69, 9.17) is 18.5 Å². The number of hydrogen-bond donors (Lipinski definition) is 6. The molecule has 0 spiro atoms. The lowest BCUT2D eigenvalue weighted by Gasteiger charge is -2.41. The first kappa shape index (κ1) is 59.3. The highest BCUT2D eigenvalue weighted by Crippen LogP contribution is 2.47. The summed E-state index contributed by atoms with van der Waals surface area (Å²) in [6, 6.07) is 0. The molecule has 368 valence electrons. The van der Waals surface area contributed by atoms with E-state index in [2.05, 4.69) is 62.5 Å². The number of aliphatic hydroxyl groups excluding tert-OH is 5. The number of hydrogen-bond acceptors (Lipinski definition) is 11. The first-order chi connectivity index (χ1) is 30.5. The molecule has 6 unspecified atom stereocenters. The molecule has 0 aromatic heterocycles. The number of carbonyl (C=O) groups is 1. The fourth-order valence-electron chi connectivity index (χ4n) is 7.52. The van der Waals surface area contributed by atoms with Crippen molar-refractivity contribution >= 4 is 13.8 Å². The van der Waals surface area contributed by atoms with Crippen LogP contribution in [-0.4, -0.2) is 98.9 Å². The number of ether oxygens (including phenoxy) is 2. The van der Waals surface area contributed by atoms with Crippen molar-refractivity contribution < 1.29 is 58.3 Å². The van der Waals surface area contributed by atoms with Gasteiger partial charge in [-0.25, -0.2) is 4.57 Å². The van der Waals surface area contributed by atoms with Crippen LogP contribution in [0.2, 0.25) is 0 Å². The van der Waals surface area contributed by atoms with Gasteiger partial charge in [0.25, 0.3) is 0 Å². The predicted molar refractivity (Wildman–Crippen MR) is 253 cm³/mol. The van der Waals surface area contributed by atoms with Gasteiger partial charge in [0.05, 0.1) is 13.2 Å². The van der Waals surface area contributed by atoms with Gasteiger partial charge in [0.2, 0.25) is 0 Å². The molecule has 12 nitrogen and oxygen atoms in total. The molecule has 0 saturated heterocycles. The van der Waals surface area contributed by atoms with E-state index in [-0.39, 0.29) is 13.0 Å². The van der Waals surface area contributed by atoms with Crippen molar-refractivity contribution in [2.75, 3.05) is 19.8 Å². The van der Waals surface area contributed by atoms with E-state index in [9.17, 15) is 39.8 Å². The molecule has 0 aromatic rings.